The zero-order chi connectivity index (χ0) is 9.97. The van der Waals surface area contributed by atoms with Gasteiger partial charge in [-0.15, -0.1) is 11.6 Å². The van der Waals surface area contributed by atoms with Gasteiger partial charge in [-0.25, -0.2) is 4.98 Å². The van der Waals surface area contributed by atoms with Crippen LogP contribution in [0.2, 0.25) is 0 Å². The summed E-state index contributed by atoms with van der Waals surface area (Å²) in [4.78, 5) is 4.45. The van der Waals surface area contributed by atoms with Gasteiger partial charge in [0.05, 0.1) is 0 Å². The molecule has 1 saturated carbocycles. The molecule has 1 fully saturated rings. The van der Waals surface area contributed by atoms with Crippen LogP contribution in [0.5, 0.6) is 0 Å². The van der Waals surface area contributed by atoms with Gasteiger partial charge in [0.15, 0.2) is 0 Å². The summed E-state index contributed by atoms with van der Waals surface area (Å²) in [5.41, 5.74) is 0. The Morgan fingerprint density at radius 2 is 2.43 bits per heavy atom. The van der Waals surface area contributed by atoms with E-state index in [9.17, 15) is 0 Å². The molecular formula is C11H17ClN2. The quantitative estimate of drug-likeness (QED) is 0.689. The van der Waals surface area contributed by atoms with Crippen LogP contribution in [0.4, 0.5) is 0 Å². The van der Waals surface area contributed by atoms with Crippen molar-refractivity contribution in [2.45, 2.75) is 50.4 Å². The molecule has 1 aromatic rings. The Hall–Kier alpha value is -0.500. The zero-order valence-corrected chi connectivity index (χ0v) is 9.37. The second-order valence-electron chi connectivity index (χ2n) is 4.03. The van der Waals surface area contributed by atoms with Gasteiger partial charge in [0, 0.05) is 30.2 Å². The molecule has 1 heterocycles. The Morgan fingerprint density at radius 1 is 1.57 bits per heavy atom. The third-order valence-electron chi connectivity index (χ3n) is 3.06. The molecule has 1 aromatic heterocycles. The van der Waals surface area contributed by atoms with E-state index in [4.69, 9.17) is 11.6 Å². The molecule has 1 aliphatic rings. The lowest BCUT2D eigenvalue weighted by molar-refractivity contribution is 0.422. The second kappa shape index (κ2) is 4.35. The van der Waals surface area contributed by atoms with Gasteiger partial charge >= 0.3 is 0 Å². The number of nitrogens with zero attached hydrogens (tertiary/aromatic N) is 2. The Morgan fingerprint density at radius 3 is 3.14 bits per heavy atom. The summed E-state index contributed by atoms with van der Waals surface area (Å²) in [6.07, 6.45) is 8.73. The lowest BCUT2D eigenvalue weighted by atomic mass is 9.88. The van der Waals surface area contributed by atoms with E-state index in [2.05, 4.69) is 22.7 Å². The number of alkyl halides is 1. The first-order valence-electron chi connectivity index (χ1n) is 5.46. The van der Waals surface area contributed by atoms with Gasteiger partial charge in [0.25, 0.3) is 0 Å². The minimum absolute atomic E-state index is 0.357. The second-order valence-corrected chi connectivity index (χ2v) is 4.65. The highest BCUT2D eigenvalue weighted by Crippen LogP contribution is 2.34. The van der Waals surface area contributed by atoms with Crippen LogP contribution in [0.25, 0.3) is 0 Å². The third kappa shape index (κ3) is 1.95. The number of rotatable bonds is 2. The highest BCUT2D eigenvalue weighted by atomic mass is 35.5. The van der Waals surface area contributed by atoms with Crippen LogP contribution in [-0.4, -0.2) is 14.9 Å². The summed E-state index contributed by atoms with van der Waals surface area (Å²) in [6.45, 7) is 3.17. The molecule has 2 rings (SSSR count). The maximum absolute atomic E-state index is 6.19. The normalized spacial score (nSPS) is 27.9. The summed E-state index contributed by atoms with van der Waals surface area (Å²) in [5, 5.41) is 0.357. The Balaban J connectivity index is 2.13. The molecule has 0 saturated heterocycles. The van der Waals surface area contributed by atoms with Gasteiger partial charge in [-0.1, -0.05) is 6.42 Å². The molecule has 78 valence electrons. The molecule has 2 atom stereocenters. The van der Waals surface area contributed by atoms with Crippen molar-refractivity contribution < 1.29 is 0 Å². The lowest BCUT2D eigenvalue weighted by Gasteiger charge is -2.25. The highest BCUT2D eigenvalue weighted by Gasteiger charge is 2.24. The predicted octanol–water partition coefficient (Wildman–Crippen LogP) is 3.17. The summed E-state index contributed by atoms with van der Waals surface area (Å²) in [5.74, 6) is 1.82. The van der Waals surface area contributed by atoms with Crippen molar-refractivity contribution in [1.29, 1.82) is 0 Å². The van der Waals surface area contributed by atoms with Gasteiger partial charge in [0.2, 0.25) is 0 Å². The first-order valence-corrected chi connectivity index (χ1v) is 5.90. The van der Waals surface area contributed by atoms with E-state index in [1.165, 1.54) is 25.1 Å². The molecule has 1 aliphatic carbocycles. The highest BCUT2D eigenvalue weighted by molar-refractivity contribution is 6.20. The smallest absolute Gasteiger partial charge is 0.111 e. The van der Waals surface area contributed by atoms with Crippen LogP contribution in [-0.2, 0) is 6.54 Å². The number of aryl methyl sites for hydroxylation is 1. The fourth-order valence-electron chi connectivity index (χ4n) is 2.31. The number of halogens is 1. The van der Waals surface area contributed by atoms with Crippen LogP contribution in [0, 0.1) is 0 Å². The minimum atomic E-state index is 0.357. The molecule has 0 N–H and O–H groups in total. The predicted molar refractivity (Wildman–Crippen MR) is 58.8 cm³/mol. The molecule has 0 spiro atoms. The monoisotopic (exact) mass is 212 g/mol. The zero-order valence-electron chi connectivity index (χ0n) is 8.62. The largest absolute Gasteiger partial charge is 0.335 e. The van der Waals surface area contributed by atoms with E-state index < -0.39 is 0 Å². The Labute approximate surface area is 90.3 Å². The van der Waals surface area contributed by atoms with Gasteiger partial charge in [-0.05, 0) is 26.2 Å². The topological polar surface area (TPSA) is 17.8 Å². The van der Waals surface area contributed by atoms with Crippen LogP contribution in [0.3, 0.4) is 0 Å². The number of imidazole rings is 1. The van der Waals surface area contributed by atoms with E-state index in [0.29, 0.717) is 11.3 Å². The summed E-state index contributed by atoms with van der Waals surface area (Å²) >= 11 is 6.19. The molecule has 2 nitrogen and oxygen atoms in total. The van der Waals surface area contributed by atoms with Crippen molar-refractivity contribution in [2.24, 2.45) is 0 Å². The summed E-state index contributed by atoms with van der Waals surface area (Å²) < 4.78 is 2.24. The van der Waals surface area contributed by atoms with Gasteiger partial charge < -0.3 is 4.57 Å². The first-order chi connectivity index (χ1) is 6.81. The van der Waals surface area contributed by atoms with E-state index in [0.717, 1.165) is 13.0 Å². The van der Waals surface area contributed by atoms with E-state index in [-0.39, 0.29) is 0 Å². The van der Waals surface area contributed by atoms with E-state index >= 15 is 0 Å². The van der Waals surface area contributed by atoms with Crippen LogP contribution in [0.1, 0.15) is 44.3 Å². The molecule has 0 amide bonds. The SMILES string of the molecule is CCn1ccnc1C1CCCC(Cl)C1. The first kappa shape index (κ1) is 10.0. The molecule has 0 aliphatic heterocycles. The van der Waals surface area contributed by atoms with Crippen LogP contribution in [0.15, 0.2) is 12.4 Å². The van der Waals surface area contributed by atoms with E-state index in [1.54, 1.807) is 0 Å². The lowest BCUT2D eigenvalue weighted by Crippen LogP contribution is -2.17. The molecule has 3 heteroatoms. The third-order valence-corrected chi connectivity index (χ3v) is 3.46. The van der Waals surface area contributed by atoms with Crippen molar-refractivity contribution >= 4 is 11.6 Å². The number of hydrogen-bond donors (Lipinski definition) is 0. The van der Waals surface area contributed by atoms with Crippen molar-refractivity contribution in [3.8, 4) is 0 Å². The number of aromatic nitrogens is 2. The van der Waals surface area contributed by atoms with Gasteiger partial charge in [-0.3, -0.25) is 0 Å². The van der Waals surface area contributed by atoms with Crippen molar-refractivity contribution in [1.82, 2.24) is 9.55 Å². The fourth-order valence-corrected chi connectivity index (χ4v) is 2.68. The molecule has 2 unspecified atom stereocenters. The molecular weight excluding hydrogens is 196 g/mol. The Bertz CT molecular complexity index is 295. The van der Waals surface area contributed by atoms with Crippen molar-refractivity contribution in [3.63, 3.8) is 0 Å². The summed E-state index contributed by atoms with van der Waals surface area (Å²) in [6, 6.07) is 0. The molecule has 0 radical (unpaired) electrons. The van der Waals surface area contributed by atoms with Crippen LogP contribution < -0.4 is 0 Å². The average molecular weight is 213 g/mol. The van der Waals surface area contributed by atoms with Gasteiger partial charge in [0.1, 0.15) is 5.82 Å². The number of hydrogen-bond acceptors (Lipinski definition) is 1. The summed E-state index contributed by atoms with van der Waals surface area (Å²) in [7, 11) is 0. The van der Waals surface area contributed by atoms with Crippen LogP contribution >= 0.6 is 11.6 Å². The van der Waals surface area contributed by atoms with Crippen molar-refractivity contribution in [2.75, 3.05) is 0 Å². The molecule has 0 bridgehead atoms. The van der Waals surface area contributed by atoms with Gasteiger partial charge in [-0.2, -0.15) is 0 Å². The maximum Gasteiger partial charge on any atom is 0.111 e. The standard InChI is InChI=1S/C11H17ClN2/c1-2-14-7-6-13-11(14)9-4-3-5-10(12)8-9/h6-7,9-10H,2-5,8H2,1H3. The van der Waals surface area contributed by atoms with E-state index in [1.807, 2.05) is 6.20 Å². The van der Waals surface area contributed by atoms with Crippen molar-refractivity contribution in [3.05, 3.63) is 18.2 Å². The molecule has 0 aromatic carbocycles. The average Bonchev–Trinajstić information content (AvgIpc) is 2.65. The fraction of sp³-hybridized carbons (Fsp3) is 0.727. The Kier molecular flexibility index (Phi) is 3.12. The molecule has 14 heavy (non-hydrogen) atoms. The minimum Gasteiger partial charge on any atom is -0.335 e. The maximum atomic E-state index is 6.19.